The van der Waals surface area contributed by atoms with Gasteiger partial charge in [-0.15, -0.1) is 0 Å². The van der Waals surface area contributed by atoms with Crippen LogP contribution in [0.25, 0.3) is 10.8 Å². The van der Waals surface area contributed by atoms with Gasteiger partial charge in [-0.05, 0) is 16.3 Å². The second-order valence-electron chi connectivity index (χ2n) is 5.23. The Morgan fingerprint density at radius 1 is 1.08 bits per heavy atom. The highest BCUT2D eigenvalue weighted by Gasteiger charge is 2.50. The van der Waals surface area contributed by atoms with E-state index in [-0.39, 0.29) is 10.6 Å². The molecule has 0 fully saturated rings. The monoisotopic (exact) mass is 329 g/mol. The molecule has 1 aliphatic heterocycles. The topological polar surface area (TPSA) is 87.9 Å². The molecule has 24 heavy (non-hydrogen) atoms. The molecule has 3 rings (SSSR count). The van der Waals surface area contributed by atoms with Gasteiger partial charge in [-0.1, -0.05) is 42.5 Å². The molecule has 2 aromatic carbocycles. The first kappa shape index (κ1) is 15.8. The van der Waals surface area contributed by atoms with Crippen LogP contribution in [0.15, 0.2) is 42.5 Å². The lowest BCUT2D eigenvalue weighted by Crippen LogP contribution is -2.33. The van der Waals surface area contributed by atoms with Crippen molar-refractivity contribution in [1.82, 2.24) is 0 Å². The summed E-state index contributed by atoms with van der Waals surface area (Å²) in [6.07, 6.45) is -1.26. The number of carbonyl (C=O) groups excluding carboxylic acids is 2. The SMILES string of the molecule is COC(=O)C1=[N+]([O-])OC(C(=O)OC)C1c1cccc2ccccc12. The molecule has 0 bridgehead atoms. The number of nitrogens with zero attached hydrogens (tertiary/aromatic N) is 1. The molecule has 0 aromatic heterocycles. The molecule has 2 unspecified atom stereocenters. The van der Waals surface area contributed by atoms with E-state index in [4.69, 9.17) is 9.57 Å². The number of methoxy groups -OCH3 is 2. The summed E-state index contributed by atoms with van der Waals surface area (Å²) in [6, 6.07) is 12.9. The van der Waals surface area contributed by atoms with Gasteiger partial charge in [-0.25, -0.2) is 4.79 Å². The highest BCUT2D eigenvalue weighted by atomic mass is 16.9. The van der Waals surface area contributed by atoms with Crippen molar-refractivity contribution in [3.05, 3.63) is 53.2 Å². The fourth-order valence-electron chi connectivity index (χ4n) is 2.91. The number of benzene rings is 2. The van der Waals surface area contributed by atoms with Crippen molar-refractivity contribution in [2.45, 2.75) is 12.0 Å². The fourth-order valence-corrected chi connectivity index (χ4v) is 2.91. The van der Waals surface area contributed by atoms with Gasteiger partial charge in [0.2, 0.25) is 0 Å². The van der Waals surface area contributed by atoms with Crippen molar-refractivity contribution in [1.29, 1.82) is 0 Å². The maximum Gasteiger partial charge on any atom is 0.405 e. The van der Waals surface area contributed by atoms with Crippen LogP contribution in [-0.4, -0.2) is 42.9 Å². The third kappa shape index (κ3) is 2.44. The molecule has 0 spiro atoms. The zero-order chi connectivity index (χ0) is 17.3. The van der Waals surface area contributed by atoms with Gasteiger partial charge in [0.1, 0.15) is 5.92 Å². The molecule has 0 saturated carbocycles. The summed E-state index contributed by atoms with van der Waals surface area (Å²) in [7, 11) is 2.35. The molecule has 7 nitrogen and oxygen atoms in total. The summed E-state index contributed by atoms with van der Waals surface area (Å²) in [5, 5.41) is 13.8. The number of fused-ring (bicyclic) bond motifs is 1. The van der Waals surface area contributed by atoms with E-state index in [0.717, 1.165) is 17.9 Å². The van der Waals surface area contributed by atoms with E-state index in [1.165, 1.54) is 7.11 Å². The summed E-state index contributed by atoms with van der Waals surface area (Å²) in [5.41, 5.74) is 0.325. The lowest BCUT2D eigenvalue weighted by Gasteiger charge is -2.18. The predicted molar refractivity (Wildman–Crippen MR) is 84.2 cm³/mol. The first-order chi connectivity index (χ1) is 11.6. The van der Waals surface area contributed by atoms with Crippen LogP contribution in [0.5, 0.6) is 0 Å². The van der Waals surface area contributed by atoms with Crippen molar-refractivity contribution >= 4 is 28.4 Å². The molecule has 0 saturated heterocycles. The largest absolute Gasteiger partial charge is 0.468 e. The van der Waals surface area contributed by atoms with Crippen LogP contribution in [0.2, 0.25) is 0 Å². The van der Waals surface area contributed by atoms with Crippen LogP contribution in [0.3, 0.4) is 0 Å². The third-order valence-electron chi connectivity index (χ3n) is 3.99. The van der Waals surface area contributed by atoms with Gasteiger partial charge in [0.25, 0.3) is 0 Å². The van der Waals surface area contributed by atoms with E-state index in [1.54, 1.807) is 12.1 Å². The predicted octanol–water partition coefficient (Wildman–Crippen LogP) is 1.53. The highest BCUT2D eigenvalue weighted by Crippen LogP contribution is 2.34. The maximum absolute atomic E-state index is 12.1. The van der Waals surface area contributed by atoms with Gasteiger partial charge in [-0.2, -0.15) is 0 Å². The first-order valence-electron chi connectivity index (χ1n) is 7.23. The van der Waals surface area contributed by atoms with Crippen LogP contribution in [-0.2, 0) is 23.9 Å². The molecule has 124 valence electrons. The Hall–Kier alpha value is -3.09. The number of rotatable bonds is 3. The zero-order valence-electron chi connectivity index (χ0n) is 13.1. The fraction of sp³-hybridized carbons (Fsp3) is 0.235. The second-order valence-corrected chi connectivity index (χ2v) is 5.23. The number of carbonyl (C=O) groups is 2. The van der Waals surface area contributed by atoms with E-state index in [0.29, 0.717) is 5.56 Å². The molecule has 1 aliphatic rings. The van der Waals surface area contributed by atoms with Crippen molar-refractivity contribution in [3.8, 4) is 0 Å². The van der Waals surface area contributed by atoms with Gasteiger partial charge in [-0.3, -0.25) is 10.0 Å². The van der Waals surface area contributed by atoms with Gasteiger partial charge >= 0.3 is 17.7 Å². The molecule has 1 heterocycles. The van der Waals surface area contributed by atoms with Crippen LogP contribution in [0.1, 0.15) is 11.5 Å². The first-order valence-corrected chi connectivity index (χ1v) is 7.23. The van der Waals surface area contributed by atoms with Crippen molar-refractivity contribution in [2.24, 2.45) is 0 Å². The van der Waals surface area contributed by atoms with Gasteiger partial charge in [0.15, 0.2) is 6.10 Å². The molecule has 0 aliphatic carbocycles. The molecule has 0 N–H and O–H groups in total. The molecule has 0 amide bonds. The molecular weight excluding hydrogens is 314 g/mol. The maximum atomic E-state index is 12.1. The quantitative estimate of drug-likeness (QED) is 0.627. The normalized spacial score (nSPS) is 19.9. The minimum atomic E-state index is -1.26. The minimum absolute atomic E-state index is 0.0415. The van der Waals surface area contributed by atoms with Crippen molar-refractivity contribution < 1.29 is 28.8 Å². The van der Waals surface area contributed by atoms with E-state index in [9.17, 15) is 14.8 Å². The van der Waals surface area contributed by atoms with E-state index >= 15 is 0 Å². The summed E-state index contributed by atoms with van der Waals surface area (Å²) >= 11 is 0. The second kappa shape index (κ2) is 6.19. The van der Waals surface area contributed by atoms with E-state index in [1.807, 2.05) is 30.3 Å². The number of esters is 2. The molecule has 2 aromatic rings. The third-order valence-corrected chi connectivity index (χ3v) is 3.99. The molecule has 2 atom stereocenters. The number of hydrogen-bond donors (Lipinski definition) is 0. The average Bonchev–Trinajstić information content (AvgIpc) is 2.96. The van der Waals surface area contributed by atoms with Crippen molar-refractivity contribution in [2.75, 3.05) is 14.2 Å². The lowest BCUT2D eigenvalue weighted by atomic mass is 9.86. The van der Waals surface area contributed by atoms with Gasteiger partial charge < -0.3 is 14.3 Å². The van der Waals surface area contributed by atoms with Crippen molar-refractivity contribution in [3.63, 3.8) is 0 Å². The van der Waals surface area contributed by atoms with Crippen LogP contribution in [0.4, 0.5) is 0 Å². The molecule has 0 radical (unpaired) electrons. The Labute approximate surface area is 137 Å². The van der Waals surface area contributed by atoms with Crippen LogP contribution < -0.4 is 0 Å². The Bertz CT molecular complexity index is 839. The minimum Gasteiger partial charge on any atom is -0.468 e. The standard InChI is InChI=1S/C17H15NO6/c1-22-16(19)14-13(15(17(20)23-2)24-18(14)21)12-9-5-7-10-6-3-4-8-11(10)12/h3-9,13,15H,1-2H3. The Morgan fingerprint density at radius 2 is 1.79 bits per heavy atom. The summed E-state index contributed by atoms with van der Waals surface area (Å²) in [4.78, 5) is 29.2. The Kier molecular flexibility index (Phi) is 4.07. The number of ether oxygens (including phenoxy) is 2. The summed E-state index contributed by atoms with van der Waals surface area (Å²) < 4.78 is 9.39. The highest BCUT2D eigenvalue weighted by molar-refractivity contribution is 6.37. The Balaban J connectivity index is 2.21. The van der Waals surface area contributed by atoms with E-state index < -0.39 is 24.0 Å². The Morgan fingerprint density at radius 3 is 2.50 bits per heavy atom. The van der Waals surface area contributed by atoms with E-state index in [2.05, 4.69) is 4.74 Å². The summed E-state index contributed by atoms with van der Waals surface area (Å²) in [5.74, 6) is -2.52. The zero-order valence-corrected chi connectivity index (χ0v) is 13.1. The molecular formula is C17H15NO6. The van der Waals surface area contributed by atoms with Crippen LogP contribution in [0, 0.1) is 5.21 Å². The van der Waals surface area contributed by atoms with Crippen LogP contribution >= 0.6 is 0 Å². The average molecular weight is 329 g/mol. The molecule has 7 heteroatoms. The number of hydrogen-bond acceptors (Lipinski definition) is 6. The van der Waals surface area contributed by atoms with Gasteiger partial charge in [0, 0.05) is 0 Å². The summed E-state index contributed by atoms with van der Waals surface area (Å²) in [6.45, 7) is 0. The van der Waals surface area contributed by atoms with Gasteiger partial charge in [0.05, 0.1) is 19.1 Å². The lowest BCUT2D eigenvalue weighted by molar-refractivity contribution is -0.736. The smallest absolute Gasteiger partial charge is 0.405 e.